The summed E-state index contributed by atoms with van der Waals surface area (Å²) in [5.41, 5.74) is 5.75. The first kappa shape index (κ1) is 22.4. The average molecular weight is 402 g/mol. The van der Waals surface area contributed by atoms with Crippen LogP contribution in [0, 0.1) is 18.3 Å². The van der Waals surface area contributed by atoms with E-state index in [1.165, 1.54) is 0 Å². The van der Waals surface area contributed by atoms with E-state index in [9.17, 15) is 24.6 Å². The monoisotopic (exact) mass is 402 g/mol. The number of carbonyl (C=O) groups is 3. The van der Waals surface area contributed by atoms with Crippen LogP contribution in [0.1, 0.15) is 37.7 Å². The van der Waals surface area contributed by atoms with Crippen molar-refractivity contribution in [3.8, 4) is 12.3 Å². The molecule has 1 aromatic rings. The Morgan fingerprint density at radius 2 is 1.86 bits per heavy atom. The number of nitrogens with one attached hydrogen (secondary N) is 1. The van der Waals surface area contributed by atoms with E-state index in [-0.39, 0.29) is 12.5 Å². The summed E-state index contributed by atoms with van der Waals surface area (Å²) in [5, 5.41) is 22.3. The maximum absolute atomic E-state index is 12.7. The smallest absolute Gasteiger partial charge is 0.329 e. The zero-order valence-electron chi connectivity index (χ0n) is 16.0. The highest BCUT2D eigenvalue weighted by Crippen LogP contribution is 2.23. The normalized spacial score (nSPS) is 16.4. The summed E-state index contributed by atoms with van der Waals surface area (Å²) in [4.78, 5) is 36.8. The van der Waals surface area contributed by atoms with E-state index in [0.29, 0.717) is 0 Å². The lowest BCUT2D eigenvalue weighted by molar-refractivity contribution is -0.203. The molecule has 0 saturated heterocycles. The van der Waals surface area contributed by atoms with Crippen LogP contribution >= 0.6 is 0 Å². The van der Waals surface area contributed by atoms with Crippen molar-refractivity contribution >= 4 is 17.8 Å². The van der Waals surface area contributed by atoms with Gasteiger partial charge in [-0.05, 0) is 31.2 Å². The third-order valence-electron chi connectivity index (χ3n) is 4.96. The topological polar surface area (TPSA) is 139 Å². The number of hydrogen-bond acceptors (Lipinski definition) is 6. The molecule has 2 amide bonds. The number of hydrogen-bond donors (Lipinski definition) is 4. The van der Waals surface area contributed by atoms with Crippen molar-refractivity contribution < 1.29 is 29.3 Å². The number of esters is 1. The van der Waals surface area contributed by atoms with Crippen LogP contribution in [0.3, 0.4) is 0 Å². The van der Waals surface area contributed by atoms with Gasteiger partial charge in [-0.25, -0.2) is 4.79 Å². The van der Waals surface area contributed by atoms with Gasteiger partial charge in [0.1, 0.15) is 18.1 Å². The number of carbonyl (C=O) groups excluding carboxylic acids is 3. The van der Waals surface area contributed by atoms with E-state index in [1.807, 2.05) is 6.07 Å². The van der Waals surface area contributed by atoms with Crippen LogP contribution in [-0.2, 0) is 25.5 Å². The molecule has 8 heteroatoms. The molecule has 0 heterocycles. The van der Waals surface area contributed by atoms with Crippen LogP contribution in [0.5, 0.6) is 0 Å². The Morgan fingerprint density at radius 3 is 2.41 bits per heavy atom. The molecule has 1 fully saturated rings. The largest absolute Gasteiger partial charge is 0.461 e. The number of ether oxygens (including phenoxy) is 1. The van der Waals surface area contributed by atoms with Crippen LogP contribution in [0.2, 0.25) is 0 Å². The van der Waals surface area contributed by atoms with Gasteiger partial charge in [0.15, 0.2) is 0 Å². The molecule has 156 valence electrons. The van der Waals surface area contributed by atoms with Gasteiger partial charge in [-0.1, -0.05) is 30.3 Å². The zero-order valence-corrected chi connectivity index (χ0v) is 16.0. The second-order valence-corrected chi connectivity index (χ2v) is 7.15. The average Bonchev–Trinajstić information content (AvgIpc) is 3.19. The molecule has 29 heavy (non-hydrogen) atoms. The number of benzene rings is 1. The van der Waals surface area contributed by atoms with E-state index in [4.69, 9.17) is 16.9 Å². The molecule has 0 bridgehead atoms. The van der Waals surface area contributed by atoms with Crippen molar-refractivity contribution in [2.45, 2.75) is 56.5 Å². The molecule has 1 saturated carbocycles. The lowest BCUT2D eigenvalue weighted by atomic mass is 9.93. The molecule has 1 aromatic carbocycles. The van der Waals surface area contributed by atoms with Gasteiger partial charge >= 0.3 is 5.97 Å². The minimum Gasteiger partial charge on any atom is -0.461 e. The van der Waals surface area contributed by atoms with Gasteiger partial charge < -0.3 is 26.0 Å². The lowest BCUT2D eigenvalue weighted by Crippen LogP contribution is -2.57. The van der Waals surface area contributed by atoms with Gasteiger partial charge in [-0.2, -0.15) is 0 Å². The predicted octanol–water partition coefficient (Wildman–Crippen LogP) is 0.00540. The summed E-state index contributed by atoms with van der Waals surface area (Å²) in [7, 11) is 0. The summed E-state index contributed by atoms with van der Waals surface area (Å²) in [6.07, 6.45) is 8.10. The van der Waals surface area contributed by atoms with Crippen LogP contribution < -0.4 is 11.1 Å². The van der Waals surface area contributed by atoms with Crippen molar-refractivity contribution in [3.63, 3.8) is 0 Å². The lowest BCUT2D eigenvalue weighted by Gasteiger charge is -2.28. The Labute approximate surface area is 169 Å². The number of terminal acetylenes is 1. The van der Waals surface area contributed by atoms with Crippen LogP contribution in [0.4, 0.5) is 0 Å². The first-order chi connectivity index (χ1) is 13.8. The number of primary amides is 1. The van der Waals surface area contributed by atoms with E-state index in [0.717, 1.165) is 31.2 Å². The van der Waals surface area contributed by atoms with Gasteiger partial charge in [-0.3, -0.25) is 9.59 Å². The molecule has 0 aromatic heterocycles. The van der Waals surface area contributed by atoms with Crippen LogP contribution in [0.15, 0.2) is 30.3 Å². The minimum atomic E-state index is -3.15. The fourth-order valence-corrected chi connectivity index (χ4v) is 3.28. The quantitative estimate of drug-likeness (QED) is 0.261. The Hall–Kier alpha value is -2.89. The highest BCUT2D eigenvalue weighted by atomic mass is 16.5. The van der Waals surface area contributed by atoms with Gasteiger partial charge in [0.2, 0.25) is 5.91 Å². The van der Waals surface area contributed by atoms with Crippen molar-refractivity contribution in [1.82, 2.24) is 5.32 Å². The molecular formula is C21H26N2O6. The fraction of sp³-hybridized carbons (Fsp3) is 0.476. The fourth-order valence-electron chi connectivity index (χ4n) is 3.28. The van der Waals surface area contributed by atoms with Crippen LogP contribution in [-0.4, -0.2) is 45.9 Å². The summed E-state index contributed by atoms with van der Waals surface area (Å²) in [6.45, 7) is 0. The number of amides is 2. The Kier molecular flexibility index (Phi) is 7.76. The van der Waals surface area contributed by atoms with Gasteiger partial charge in [0.05, 0.1) is 0 Å². The minimum absolute atomic E-state index is 0.126. The van der Waals surface area contributed by atoms with Gasteiger partial charge in [0, 0.05) is 12.8 Å². The first-order valence-corrected chi connectivity index (χ1v) is 9.48. The number of aliphatic hydroxyl groups is 2. The molecule has 2 rings (SSSR count). The third kappa shape index (κ3) is 6.04. The summed E-state index contributed by atoms with van der Waals surface area (Å²) < 4.78 is 5.51. The molecule has 0 spiro atoms. The predicted molar refractivity (Wildman–Crippen MR) is 104 cm³/mol. The number of nitrogens with two attached hydrogens (primary N) is 1. The van der Waals surface area contributed by atoms with E-state index < -0.39 is 42.0 Å². The molecule has 1 unspecified atom stereocenters. The Balaban J connectivity index is 2.19. The van der Waals surface area contributed by atoms with Crippen molar-refractivity contribution in [1.29, 1.82) is 0 Å². The highest BCUT2D eigenvalue weighted by molar-refractivity contribution is 5.92. The second kappa shape index (κ2) is 10.0. The van der Waals surface area contributed by atoms with Crippen LogP contribution in [0.25, 0.3) is 0 Å². The molecule has 1 aliphatic rings. The third-order valence-corrected chi connectivity index (χ3v) is 4.96. The summed E-state index contributed by atoms with van der Waals surface area (Å²) in [6, 6.07) is 7.87. The molecule has 1 aliphatic carbocycles. The Bertz CT molecular complexity index is 765. The molecule has 5 N–H and O–H groups in total. The maximum atomic E-state index is 12.7. The SMILES string of the molecule is C#CCC(C(=O)N[C@@H](Cc1ccccc1)C(=O)OC1CCCC1)C(O)(O)C(N)=O. The Morgan fingerprint density at radius 1 is 1.24 bits per heavy atom. The first-order valence-electron chi connectivity index (χ1n) is 9.48. The summed E-state index contributed by atoms with van der Waals surface area (Å²) in [5.74, 6) is -5.89. The standard InChI is InChI=1S/C21H26N2O6/c1-2-8-16(21(27,28)20(22)26)18(24)23-17(13-14-9-4-3-5-10-14)19(25)29-15-11-6-7-12-15/h1,3-5,9-10,15-17,27-28H,6-8,11-13H2,(H2,22,26)(H,23,24)/t16?,17-/m0/s1. The summed E-state index contributed by atoms with van der Waals surface area (Å²) >= 11 is 0. The highest BCUT2D eigenvalue weighted by Gasteiger charge is 2.45. The number of rotatable bonds is 9. The molecule has 0 radical (unpaired) electrons. The molecular weight excluding hydrogens is 376 g/mol. The van der Waals surface area contributed by atoms with E-state index in [2.05, 4.69) is 11.2 Å². The van der Waals surface area contributed by atoms with Gasteiger partial charge in [0.25, 0.3) is 11.7 Å². The molecule has 0 aliphatic heterocycles. The zero-order chi connectivity index (χ0) is 21.4. The maximum Gasteiger partial charge on any atom is 0.329 e. The molecule has 8 nitrogen and oxygen atoms in total. The van der Waals surface area contributed by atoms with E-state index in [1.54, 1.807) is 24.3 Å². The van der Waals surface area contributed by atoms with Crippen molar-refractivity contribution in [2.24, 2.45) is 11.7 Å². The van der Waals surface area contributed by atoms with E-state index >= 15 is 0 Å². The molecule has 2 atom stereocenters. The van der Waals surface area contributed by atoms with Crippen molar-refractivity contribution in [3.05, 3.63) is 35.9 Å². The second-order valence-electron chi connectivity index (χ2n) is 7.15. The van der Waals surface area contributed by atoms with Crippen molar-refractivity contribution in [2.75, 3.05) is 0 Å². The van der Waals surface area contributed by atoms with Gasteiger partial charge in [-0.15, -0.1) is 12.3 Å².